The van der Waals surface area contributed by atoms with Crippen molar-refractivity contribution in [2.75, 3.05) is 0 Å². The molecule has 0 spiro atoms. The maximum absolute atomic E-state index is 13.0. The van der Waals surface area contributed by atoms with Gasteiger partial charge in [0.25, 0.3) is 0 Å². The Morgan fingerprint density at radius 2 is 1.81 bits per heavy atom. The summed E-state index contributed by atoms with van der Waals surface area (Å²) in [7, 11) is 0. The lowest BCUT2D eigenvalue weighted by molar-refractivity contribution is -0.182. The van der Waals surface area contributed by atoms with Crippen molar-refractivity contribution in [2.45, 2.75) is 50.9 Å². The van der Waals surface area contributed by atoms with E-state index in [9.17, 15) is 17.6 Å². The lowest BCUT2D eigenvalue weighted by Crippen LogP contribution is -2.38. The Bertz CT molecular complexity index is 481. The summed E-state index contributed by atoms with van der Waals surface area (Å²) >= 11 is 6.00. The molecule has 1 aliphatic rings. The molecule has 1 N–H and O–H groups in total. The van der Waals surface area contributed by atoms with Crippen LogP contribution in [0.5, 0.6) is 0 Å². The van der Waals surface area contributed by atoms with Crippen LogP contribution in [-0.4, -0.2) is 12.2 Å². The van der Waals surface area contributed by atoms with E-state index in [1.165, 1.54) is 12.1 Å². The number of hydrogen-bond donors (Lipinski definition) is 1. The first kappa shape index (κ1) is 16.6. The highest BCUT2D eigenvalue weighted by Gasteiger charge is 2.41. The second kappa shape index (κ2) is 6.53. The van der Waals surface area contributed by atoms with Crippen LogP contribution in [0.25, 0.3) is 0 Å². The fraction of sp³-hybridized carbons (Fsp3) is 0.600. The Balaban J connectivity index is 1.91. The van der Waals surface area contributed by atoms with Gasteiger partial charge in [0, 0.05) is 17.1 Å². The number of hydrogen-bond acceptors (Lipinski definition) is 1. The second-order valence-electron chi connectivity index (χ2n) is 5.64. The monoisotopic (exact) mass is 323 g/mol. The molecule has 0 radical (unpaired) electrons. The van der Waals surface area contributed by atoms with E-state index < -0.39 is 17.9 Å². The van der Waals surface area contributed by atoms with Crippen LogP contribution in [0.1, 0.15) is 44.2 Å². The first-order valence-corrected chi connectivity index (χ1v) is 7.43. The molecule has 118 valence electrons. The molecule has 21 heavy (non-hydrogen) atoms. The van der Waals surface area contributed by atoms with Crippen LogP contribution in [0.4, 0.5) is 17.6 Å². The summed E-state index contributed by atoms with van der Waals surface area (Å²) in [4.78, 5) is 0. The lowest BCUT2D eigenvalue weighted by atomic mass is 9.85. The quantitative estimate of drug-likeness (QED) is 0.749. The smallest absolute Gasteiger partial charge is 0.307 e. The molecule has 6 heteroatoms. The van der Waals surface area contributed by atoms with Crippen LogP contribution >= 0.6 is 11.6 Å². The van der Waals surface area contributed by atoms with Crippen molar-refractivity contribution in [3.63, 3.8) is 0 Å². The molecule has 1 aromatic carbocycles. The second-order valence-corrected chi connectivity index (χ2v) is 6.05. The predicted octanol–water partition coefficient (Wildman–Crippen LogP) is 5.25. The summed E-state index contributed by atoms with van der Waals surface area (Å²) in [5, 5.41) is 3.63. The summed E-state index contributed by atoms with van der Waals surface area (Å²) < 4.78 is 50.9. The van der Waals surface area contributed by atoms with Gasteiger partial charge < -0.3 is 5.32 Å². The van der Waals surface area contributed by atoms with Crippen molar-refractivity contribution in [1.29, 1.82) is 0 Å². The minimum Gasteiger partial charge on any atom is -0.307 e. The molecule has 1 fully saturated rings. The van der Waals surface area contributed by atoms with E-state index in [1.807, 2.05) is 6.92 Å². The van der Waals surface area contributed by atoms with E-state index in [1.54, 1.807) is 6.07 Å². The highest BCUT2D eigenvalue weighted by Crippen LogP contribution is 2.38. The van der Waals surface area contributed by atoms with Crippen molar-refractivity contribution in [2.24, 2.45) is 5.92 Å². The molecule has 1 aromatic rings. The van der Waals surface area contributed by atoms with Gasteiger partial charge in [0.05, 0.1) is 5.92 Å². The SMILES string of the molecule is CC(NC1CCC(C(F)(F)F)CC1)c1ccc(F)cc1Cl. The fourth-order valence-corrected chi connectivity index (χ4v) is 3.21. The van der Waals surface area contributed by atoms with Gasteiger partial charge in [-0.3, -0.25) is 0 Å². The Hall–Kier alpha value is -0.810. The summed E-state index contributed by atoms with van der Waals surface area (Å²) in [6, 6.07) is 4.11. The average Bonchev–Trinajstić information content (AvgIpc) is 2.38. The largest absolute Gasteiger partial charge is 0.391 e. The molecular formula is C15H18ClF4N. The van der Waals surface area contributed by atoms with E-state index in [4.69, 9.17) is 11.6 Å². The predicted molar refractivity (Wildman–Crippen MR) is 74.8 cm³/mol. The van der Waals surface area contributed by atoms with Gasteiger partial charge in [0.15, 0.2) is 0 Å². The molecule has 1 saturated carbocycles. The maximum Gasteiger partial charge on any atom is 0.391 e. The lowest BCUT2D eigenvalue weighted by Gasteiger charge is -2.32. The zero-order chi connectivity index (χ0) is 15.6. The molecule has 1 nitrogen and oxygen atoms in total. The third-order valence-electron chi connectivity index (χ3n) is 4.10. The van der Waals surface area contributed by atoms with Gasteiger partial charge in [0.2, 0.25) is 0 Å². The summed E-state index contributed by atoms with van der Waals surface area (Å²) in [6.07, 6.45) is -2.78. The van der Waals surface area contributed by atoms with E-state index >= 15 is 0 Å². The van der Waals surface area contributed by atoms with Crippen molar-refractivity contribution in [1.82, 2.24) is 5.32 Å². The van der Waals surface area contributed by atoms with Gasteiger partial charge in [-0.2, -0.15) is 13.2 Å². The van der Waals surface area contributed by atoms with Gasteiger partial charge in [-0.1, -0.05) is 17.7 Å². The number of alkyl halides is 3. The number of nitrogens with one attached hydrogen (secondary N) is 1. The van der Waals surface area contributed by atoms with Crippen LogP contribution in [0.2, 0.25) is 5.02 Å². The summed E-state index contributed by atoms with van der Waals surface area (Å²) in [6.45, 7) is 1.88. The molecule has 0 heterocycles. The minimum absolute atomic E-state index is 0.0414. The van der Waals surface area contributed by atoms with Gasteiger partial charge >= 0.3 is 6.18 Å². The standard InChI is InChI=1S/C15H18ClF4N/c1-9(13-7-4-11(17)8-14(13)16)21-12-5-2-10(3-6-12)15(18,19)20/h4,7-10,12,21H,2-3,5-6H2,1H3. The molecule has 0 saturated heterocycles. The number of rotatable bonds is 3. The molecular weight excluding hydrogens is 306 g/mol. The average molecular weight is 324 g/mol. The summed E-state index contributed by atoms with van der Waals surface area (Å²) in [5.74, 6) is -1.58. The number of halogens is 5. The molecule has 1 unspecified atom stereocenters. The molecule has 1 aliphatic carbocycles. The van der Waals surface area contributed by atoms with Gasteiger partial charge in [0.1, 0.15) is 5.82 Å². The Morgan fingerprint density at radius 1 is 1.19 bits per heavy atom. The van der Waals surface area contributed by atoms with Crippen LogP contribution < -0.4 is 5.32 Å². The van der Waals surface area contributed by atoms with Gasteiger partial charge in [-0.25, -0.2) is 4.39 Å². The number of benzene rings is 1. The van der Waals surface area contributed by atoms with Gasteiger partial charge in [-0.15, -0.1) is 0 Å². The van der Waals surface area contributed by atoms with Gasteiger partial charge in [-0.05, 0) is 50.3 Å². The Labute approximate surface area is 126 Å². The van der Waals surface area contributed by atoms with E-state index in [0.29, 0.717) is 17.9 Å². The van der Waals surface area contributed by atoms with Crippen LogP contribution in [-0.2, 0) is 0 Å². The topological polar surface area (TPSA) is 12.0 Å². The normalized spacial score (nSPS) is 24.9. The highest BCUT2D eigenvalue weighted by molar-refractivity contribution is 6.31. The zero-order valence-electron chi connectivity index (χ0n) is 11.7. The van der Waals surface area contributed by atoms with E-state index in [-0.39, 0.29) is 24.9 Å². The first-order chi connectivity index (χ1) is 9.77. The maximum atomic E-state index is 13.0. The minimum atomic E-state index is -4.09. The van der Waals surface area contributed by atoms with E-state index in [2.05, 4.69) is 5.32 Å². The van der Waals surface area contributed by atoms with Crippen molar-refractivity contribution >= 4 is 11.6 Å². The van der Waals surface area contributed by atoms with Crippen molar-refractivity contribution in [3.05, 3.63) is 34.6 Å². The van der Waals surface area contributed by atoms with Crippen LogP contribution in [0.3, 0.4) is 0 Å². The molecule has 0 aliphatic heterocycles. The molecule has 0 amide bonds. The Kier molecular flexibility index (Phi) is 5.15. The molecule has 0 bridgehead atoms. The van der Waals surface area contributed by atoms with Crippen LogP contribution in [0.15, 0.2) is 18.2 Å². The van der Waals surface area contributed by atoms with Crippen molar-refractivity contribution < 1.29 is 17.6 Å². The highest BCUT2D eigenvalue weighted by atomic mass is 35.5. The summed E-state index contributed by atoms with van der Waals surface area (Å²) in [5.41, 5.74) is 0.760. The Morgan fingerprint density at radius 3 is 2.33 bits per heavy atom. The third kappa shape index (κ3) is 4.33. The first-order valence-electron chi connectivity index (χ1n) is 7.05. The molecule has 2 rings (SSSR count). The zero-order valence-corrected chi connectivity index (χ0v) is 12.4. The third-order valence-corrected chi connectivity index (χ3v) is 4.43. The van der Waals surface area contributed by atoms with Crippen LogP contribution in [0, 0.1) is 11.7 Å². The molecule has 1 atom stereocenters. The fourth-order valence-electron chi connectivity index (χ4n) is 2.88. The van der Waals surface area contributed by atoms with Crippen molar-refractivity contribution in [3.8, 4) is 0 Å². The molecule has 0 aromatic heterocycles. The van der Waals surface area contributed by atoms with E-state index in [0.717, 1.165) is 5.56 Å².